The molecule has 2 saturated heterocycles. The molecule has 2 aliphatic rings. The van der Waals surface area contributed by atoms with E-state index in [0.717, 1.165) is 42.8 Å². The number of fused-ring (bicyclic) bond motifs is 1. The number of anilines is 2. The lowest BCUT2D eigenvalue weighted by atomic mass is 9.85. The molecule has 13 heteroatoms. The first kappa shape index (κ1) is 22.2. The summed E-state index contributed by atoms with van der Waals surface area (Å²) < 4.78 is 37.8. The number of piperidine rings is 1. The first-order chi connectivity index (χ1) is 14.2. The van der Waals surface area contributed by atoms with Crippen LogP contribution in [0.1, 0.15) is 18.5 Å². The van der Waals surface area contributed by atoms with E-state index < -0.39 is 12.1 Å². The fourth-order valence-electron chi connectivity index (χ4n) is 3.46. The summed E-state index contributed by atoms with van der Waals surface area (Å²) in [5, 5.41) is 28.2. The van der Waals surface area contributed by atoms with Crippen molar-refractivity contribution in [3.05, 3.63) is 23.3 Å². The lowest BCUT2D eigenvalue weighted by Gasteiger charge is -2.45. The molecule has 2 aromatic heterocycles. The van der Waals surface area contributed by atoms with Gasteiger partial charge in [-0.2, -0.15) is 18.3 Å². The lowest BCUT2D eigenvalue weighted by Crippen LogP contribution is -2.58. The monoisotopic (exact) mass is 446 g/mol. The third-order valence-electron chi connectivity index (χ3n) is 4.76. The summed E-state index contributed by atoms with van der Waals surface area (Å²) >= 11 is 1.59. The van der Waals surface area contributed by atoms with E-state index in [9.17, 15) is 13.2 Å². The molecule has 9 nitrogen and oxygen atoms in total. The molecule has 2 aromatic rings. The van der Waals surface area contributed by atoms with Gasteiger partial charge in [0.15, 0.2) is 0 Å². The molecule has 0 bridgehead atoms. The van der Waals surface area contributed by atoms with Crippen LogP contribution in [0.3, 0.4) is 0 Å². The molecule has 4 heterocycles. The number of carbonyl (C=O) groups is 1. The van der Waals surface area contributed by atoms with Crippen molar-refractivity contribution in [3.63, 3.8) is 0 Å². The van der Waals surface area contributed by atoms with Gasteiger partial charge in [-0.1, -0.05) is 11.3 Å². The van der Waals surface area contributed by atoms with Gasteiger partial charge in [0, 0.05) is 25.6 Å². The summed E-state index contributed by atoms with van der Waals surface area (Å²) in [7, 11) is 0. The van der Waals surface area contributed by atoms with Crippen molar-refractivity contribution < 1.29 is 27.8 Å². The Bertz CT molecular complexity index is 821. The number of hydrogen-bond donors (Lipinski definition) is 2. The van der Waals surface area contributed by atoms with Gasteiger partial charge in [-0.3, -0.25) is 0 Å². The zero-order chi connectivity index (χ0) is 21.7. The number of rotatable bonds is 3. The Balaban J connectivity index is 0.000000318. The Hall–Kier alpha value is -2.54. The largest absolute Gasteiger partial charge is 0.490 e. The minimum atomic E-state index is -5.08. The number of aromatic nitrogens is 4. The Morgan fingerprint density at radius 1 is 1.30 bits per heavy atom. The van der Waals surface area contributed by atoms with E-state index in [0.29, 0.717) is 5.92 Å². The van der Waals surface area contributed by atoms with Crippen molar-refractivity contribution in [2.45, 2.75) is 38.1 Å². The number of alkyl halides is 3. The van der Waals surface area contributed by atoms with Gasteiger partial charge in [0.25, 0.3) is 0 Å². The Labute approximate surface area is 174 Å². The molecular formula is C17H21F3N6O3S. The highest BCUT2D eigenvalue weighted by atomic mass is 32.1. The van der Waals surface area contributed by atoms with E-state index >= 15 is 0 Å². The van der Waals surface area contributed by atoms with Crippen molar-refractivity contribution in [3.8, 4) is 0 Å². The number of nitrogens with one attached hydrogen (secondary N) is 1. The van der Waals surface area contributed by atoms with Gasteiger partial charge in [-0.25, -0.2) is 4.79 Å². The highest BCUT2D eigenvalue weighted by Crippen LogP contribution is 2.32. The molecule has 0 spiro atoms. The average molecular weight is 446 g/mol. The van der Waals surface area contributed by atoms with E-state index in [1.807, 2.05) is 19.1 Å². The predicted octanol–water partition coefficient (Wildman–Crippen LogP) is 2.37. The number of carboxylic acid groups (broad SMARTS) is 1. The molecule has 0 saturated carbocycles. The molecule has 2 aliphatic heterocycles. The first-order valence-corrected chi connectivity index (χ1v) is 10.1. The average Bonchev–Trinajstić information content (AvgIpc) is 3.24. The molecule has 2 N–H and O–H groups in total. The van der Waals surface area contributed by atoms with E-state index in [1.165, 1.54) is 6.42 Å². The molecule has 30 heavy (non-hydrogen) atoms. The van der Waals surface area contributed by atoms with Crippen LogP contribution in [0.2, 0.25) is 0 Å². The molecule has 0 unspecified atom stereocenters. The van der Waals surface area contributed by atoms with E-state index in [4.69, 9.17) is 14.6 Å². The van der Waals surface area contributed by atoms with Gasteiger partial charge >= 0.3 is 12.1 Å². The smallest absolute Gasteiger partial charge is 0.475 e. The quantitative estimate of drug-likeness (QED) is 0.733. The fraction of sp³-hybridized carbons (Fsp3) is 0.588. The maximum atomic E-state index is 10.6. The van der Waals surface area contributed by atoms with Gasteiger partial charge in [-0.05, 0) is 31.9 Å². The second-order valence-electron chi connectivity index (χ2n) is 6.98. The van der Waals surface area contributed by atoms with Crippen molar-refractivity contribution >= 4 is 28.3 Å². The molecule has 4 rings (SSSR count). The zero-order valence-electron chi connectivity index (χ0n) is 16.0. The summed E-state index contributed by atoms with van der Waals surface area (Å²) in [5.41, 5.74) is 2.70. The Kier molecular flexibility index (Phi) is 7.02. The molecular weight excluding hydrogens is 425 g/mol. The Morgan fingerprint density at radius 3 is 2.67 bits per heavy atom. The number of ether oxygens (including phenoxy) is 1. The van der Waals surface area contributed by atoms with E-state index in [1.54, 1.807) is 16.8 Å². The van der Waals surface area contributed by atoms with Gasteiger partial charge in [0.1, 0.15) is 11.3 Å². The van der Waals surface area contributed by atoms with Crippen LogP contribution < -0.4 is 10.2 Å². The van der Waals surface area contributed by atoms with Crippen LogP contribution in [0.15, 0.2) is 17.6 Å². The molecule has 2 fully saturated rings. The van der Waals surface area contributed by atoms with Crippen LogP contribution in [0, 0.1) is 12.8 Å². The molecule has 0 radical (unpaired) electrons. The standard InChI is InChI=1S/C15H20N6OS.C2HF3O2/c1-10-4-5-13(19-18-10)17-12-8-21(15-20-16-9-23-15)7-11-3-2-6-22-14(11)12;3-2(4,5)1(6)7/h4-5,9,11-12,14H,2-3,6-8H2,1H3,(H,17,19);(H,6,7)/t11-,12+,14-;/m0./s1. The second-order valence-corrected chi connectivity index (χ2v) is 7.79. The normalized spacial score (nSPS) is 23.7. The van der Waals surface area contributed by atoms with Gasteiger partial charge < -0.3 is 20.1 Å². The van der Waals surface area contributed by atoms with Crippen LogP contribution in [-0.4, -0.2) is 69.5 Å². The maximum absolute atomic E-state index is 10.6. The summed E-state index contributed by atoms with van der Waals surface area (Å²) in [5.74, 6) is -1.45. The topological polar surface area (TPSA) is 113 Å². The number of aryl methyl sites for hydroxylation is 1. The SMILES string of the molecule is Cc1ccc(N[C@@H]2CN(c3nncs3)C[C@@H]3CCCO[C@@H]32)nn1.O=C(O)C(F)(F)F. The van der Waals surface area contributed by atoms with Crippen LogP contribution >= 0.6 is 11.3 Å². The highest BCUT2D eigenvalue weighted by Gasteiger charge is 2.40. The summed E-state index contributed by atoms with van der Waals surface area (Å²) in [6, 6.07) is 4.12. The first-order valence-electron chi connectivity index (χ1n) is 9.23. The Morgan fingerprint density at radius 2 is 2.07 bits per heavy atom. The molecule has 0 aliphatic carbocycles. The van der Waals surface area contributed by atoms with Crippen molar-refractivity contribution in [2.24, 2.45) is 5.92 Å². The van der Waals surface area contributed by atoms with Crippen LogP contribution in [-0.2, 0) is 9.53 Å². The van der Waals surface area contributed by atoms with Crippen molar-refractivity contribution in [1.29, 1.82) is 0 Å². The van der Waals surface area contributed by atoms with Crippen LogP contribution in [0.25, 0.3) is 0 Å². The summed E-state index contributed by atoms with van der Waals surface area (Å²) in [6.45, 7) is 4.61. The summed E-state index contributed by atoms with van der Waals surface area (Å²) in [4.78, 5) is 11.2. The maximum Gasteiger partial charge on any atom is 0.490 e. The number of carboxylic acids is 1. The summed E-state index contributed by atoms with van der Waals surface area (Å²) in [6.07, 6.45) is -2.55. The van der Waals surface area contributed by atoms with E-state index in [-0.39, 0.29) is 12.1 Å². The zero-order valence-corrected chi connectivity index (χ0v) is 16.9. The second kappa shape index (κ2) is 9.51. The minimum absolute atomic E-state index is 0.176. The molecule has 0 amide bonds. The minimum Gasteiger partial charge on any atom is -0.475 e. The number of nitrogens with zero attached hydrogens (tertiary/aromatic N) is 5. The van der Waals surface area contributed by atoms with Gasteiger partial charge in [-0.15, -0.1) is 15.3 Å². The van der Waals surface area contributed by atoms with Gasteiger partial charge in [0.05, 0.1) is 17.8 Å². The van der Waals surface area contributed by atoms with Gasteiger partial charge in [0.2, 0.25) is 5.13 Å². The highest BCUT2D eigenvalue weighted by molar-refractivity contribution is 7.13. The van der Waals surface area contributed by atoms with Crippen molar-refractivity contribution in [2.75, 3.05) is 29.9 Å². The molecule has 164 valence electrons. The van der Waals surface area contributed by atoms with Crippen LogP contribution in [0.5, 0.6) is 0 Å². The number of aliphatic carboxylic acids is 1. The molecule has 0 aromatic carbocycles. The fourth-order valence-corrected chi connectivity index (χ4v) is 4.04. The third kappa shape index (κ3) is 5.75. The number of halogens is 3. The van der Waals surface area contributed by atoms with Crippen LogP contribution in [0.4, 0.5) is 24.1 Å². The number of hydrogen-bond acceptors (Lipinski definition) is 9. The van der Waals surface area contributed by atoms with E-state index in [2.05, 4.69) is 30.6 Å². The van der Waals surface area contributed by atoms with Crippen molar-refractivity contribution in [1.82, 2.24) is 20.4 Å². The molecule has 3 atom stereocenters. The third-order valence-corrected chi connectivity index (χ3v) is 5.51. The predicted molar refractivity (Wildman–Crippen MR) is 102 cm³/mol. The lowest BCUT2D eigenvalue weighted by molar-refractivity contribution is -0.192.